The third kappa shape index (κ3) is 5.92. The minimum absolute atomic E-state index is 0.00107. The summed E-state index contributed by atoms with van der Waals surface area (Å²) in [5.41, 5.74) is 0.161. The number of ether oxygens (including phenoxy) is 1. The molecule has 0 aromatic carbocycles. The fourth-order valence-electron chi connectivity index (χ4n) is 3.63. The summed E-state index contributed by atoms with van der Waals surface area (Å²) < 4.78 is 10.5. The van der Waals surface area contributed by atoms with Gasteiger partial charge in [-0.3, -0.25) is 14.9 Å². The number of rotatable bonds is 7. The molecule has 0 radical (unpaired) electrons. The SMILES string of the molecule is CCOC(=O)c1c(NC(=O)C[NH2+]C2CCCCCCC2)oc(C)c1C(C)=O. The zero-order valence-corrected chi connectivity index (χ0v) is 16.6. The van der Waals surface area contributed by atoms with Gasteiger partial charge in [0.2, 0.25) is 5.88 Å². The highest BCUT2D eigenvalue weighted by molar-refractivity contribution is 6.10. The molecule has 27 heavy (non-hydrogen) atoms. The summed E-state index contributed by atoms with van der Waals surface area (Å²) in [6.45, 7) is 5.05. The molecule has 1 aliphatic carbocycles. The quantitative estimate of drug-likeness (QED) is 0.560. The van der Waals surface area contributed by atoms with Crippen LogP contribution in [0.4, 0.5) is 5.88 Å². The lowest BCUT2D eigenvalue weighted by molar-refractivity contribution is -0.680. The van der Waals surface area contributed by atoms with E-state index in [1.54, 1.807) is 13.8 Å². The molecule has 150 valence electrons. The van der Waals surface area contributed by atoms with Crippen molar-refractivity contribution in [2.45, 2.75) is 71.8 Å². The van der Waals surface area contributed by atoms with Crippen molar-refractivity contribution in [2.75, 3.05) is 18.5 Å². The molecule has 1 aromatic heterocycles. The Morgan fingerprint density at radius 1 is 1.11 bits per heavy atom. The monoisotopic (exact) mass is 379 g/mol. The van der Waals surface area contributed by atoms with Crippen LogP contribution in [0.2, 0.25) is 0 Å². The van der Waals surface area contributed by atoms with Crippen LogP contribution in [0.5, 0.6) is 0 Å². The molecule has 0 spiro atoms. The predicted molar refractivity (Wildman–Crippen MR) is 101 cm³/mol. The largest absolute Gasteiger partial charge is 0.462 e. The van der Waals surface area contributed by atoms with Gasteiger partial charge in [0.25, 0.3) is 5.91 Å². The molecule has 3 N–H and O–H groups in total. The maximum absolute atomic E-state index is 12.4. The number of carbonyl (C=O) groups excluding carboxylic acids is 3. The molecule has 1 saturated carbocycles. The van der Waals surface area contributed by atoms with Gasteiger partial charge < -0.3 is 14.5 Å². The number of hydrogen-bond acceptors (Lipinski definition) is 5. The normalized spacial score (nSPS) is 15.7. The van der Waals surface area contributed by atoms with Crippen molar-refractivity contribution in [1.82, 2.24) is 0 Å². The van der Waals surface area contributed by atoms with Crippen molar-refractivity contribution in [3.05, 3.63) is 16.9 Å². The minimum atomic E-state index is -0.668. The topological polar surface area (TPSA) is 102 Å². The number of nitrogens with one attached hydrogen (secondary N) is 1. The first-order valence-corrected chi connectivity index (χ1v) is 9.88. The Morgan fingerprint density at radius 2 is 1.74 bits per heavy atom. The van der Waals surface area contributed by atoms with Gasteiger partial charge in [-0.25, -0.2) is 4.79 Å². The Kier molecular flexibility index (Phi) is 8.03. The number of hydrogen-bond donors (Lipinski definition) is 2. The zero-order chi connectivity index (χ0) is 19.8. The van der Waals surface area contributed by atoms with Crippen LogP contribution in [-0.4, -0.2) is 36.9 Å². The van der Waals surface area contributed by atoms with Crippen LogP contribution >= 0.6 is 0 Å². The van der Waals surface area contributed by atoms with Crippen LogP contribution < -0.4 is 10.6 Å². The maximum Gasteiger partial charge on any atom is 0.344 e. The van der Waals surface area contributed by atoms with Gasteiger partial charge in [0, 0.05) is 0 Å². The van der Waals surface area contributed by atoms with Gasteiger partial charge in [-0.1, -0.05) is 19.3 Å². The van der Waals surface area contributed by atoms with Crippen molar-refractivity contribution in [3.63, 3.8) is 0 Å². The second kappa shape index (κ2) is 10.3. The third-order valence-electron chi connectivity index (χ3n) is 4.96. The van der Waals surface area contributed by atoms with Gasteiger partial charge in [0.15, 0.2) is 12.3 Å². The Balaban J connectivity index is 2.04. The molecule has 1 amide bonds. The number of esters is 1. The van der Waals surface area contributed by atoms with Crippen LogP contribution in [0.15, 0.2) is 4.42 Å². The van der Waals surface area contributed by atoms with E-state index in [1.807, 2.05) is 0 Å². The first-order chi connectivity index (χ1) is 12.9. The van der Waals surface area contributed by atoms with E-state index in [2.05, 4.69) is 10.6 Å². The molecule has 2 rings (SSSR count). The number of quaternary nitrogens is 1. The van der Waals surface area contributed by atoms with Gasteiger partial charge in [0.05, 0.1) is 18.2 Å². The van der Waals surface area contributed by atoms with Crippen LogP contribution in [0.1, 0.15) is 85.3 Å². The molecule has 0 atom stereocenters. The molecule has 1 aliphatic rings. The summed E-state index contributed by atoms with van der Waals surface area (Å²) in [5.74, 6) is -0.941. The van der Waals surface area contributed by atoms with Gasteiger partial charge in [-0.2, -0.15) is 0 Å². The standard InChI is InChI=1S/C20H30N2O5/c1-4-26-20(25)18-17(13(2)23)14(3)27-19(18)22-16(24)12-21-15-10-8-6-5-7-9-11-15/h15,21H,4-12H2,1-3H3,(H,22,24)/p+1. The molecule has 1 aromatic rings. The number of furan rings is 1. The second-order valence-electron chi connectivity index (χ2n) is 7.11. The predicted octanol–water partition coefficient (Wildman–Crippen LogP) is 2.58. The minimum Gasteiger partial charge on any atom is -0.462 e. The highest BCUT2D eigenvalue weighted by atomic mass is 16.5. The third-order valence-corrected chi connectivity index (χ3v) is 4.96. The highest BCUT2D eigenvalue weighted by Crippen LogP contribution is 2.28. The zero-order valence-electron chi connectivity index (χ0n) is 16.6. The number of carbonyl (C=O) groups is 3. The molecule has 0 bridgehead atoms. The van der Waals surface area contributed by atoms with Gasteiger partial charge in [-0.15, -0.1) is 0 Å². The first-order valence-electron chi connectivity index (χ1n) is 9.88. The summed E-state index contributed by atoms with van der Waals surface area (Å²) in [6.07, 6.45) is 8.48. The molecule has 1 heterocycles. The van der Waals surface area contributed by atoms with Gasteiger partial charge in [-0.05, 0) is 46.5 Å². The molecular formula is C20H31N2O5+. The summed E-state index contributed by atoms with van der Waals surface area (Å²) in [6, 6.07) is 0.451. The summed E-state index contributed by atoms with van der Waals surface area (Å²) in [5, 5.41) is 4.71. The number of aryl methyl sites for hydroxylation is 1. The van der Waals surface area contributed by atoms with E-state index in [1.165, 1.54) is 39.0 Å². The summed E-state index contributed by atoms with van der Waals surface area (Å²) >= 11 is 0. The fraction of sp³-hybridized carbons (Fsp3) is 0.650. The highest BCUT2D eigenvalue weighted by Gasteiger charge is 2.29. The molecule has 1 fully saturated rings. The lowest BCUT2D eigenvalue weighted by atomic mass is 9.97. The molecular weight excluding hydrogens is 348 g/mol. The van der Waals surface area contributed by atoms with E-state index < -0.39 is 5.97 Å². The van der Waals surface area contributed by atoms with Crippen molar-refractivity contribution >= 4 is 23.5 Å². The van der Waals surface area contributed by atoms with E-state index in [-0.39, 0.29) is 41.9 Å². The second-order valence-corrected chi connectivity index (χ2v) is 7.11. The van der Waals surface area contributed by atoms with Crippen LogP contribution in [0, 0.1) is 6.92 Å². The Hall–Kier alpha value is -2.15. The molecule has 0 saturated heterocycles. The summed E-state index contributed by atoms with van der Waals surface area (Å²) in [4.78, 5) is 36.6. The van der Waals surface area contributed by atoms with Gasteiger partial charge in [0.1, 0.15) is 11.3 Å². The van der Waals surface area contributed by atoms with Crippen molar-refractivity contribution in [3.8, 4) is 0 Å². The maximum atomic E-state index is 12.4. The average molecular weight is 379 g/mol. The fourth-order valence-corrected chi connectivity index (χ4v) is 3.63. The number of anilines is 1. The van der Waals surface area contributed by atoms with E-state index in [4.69, 9.17) is 9.15 Å². The molecule has 0 unspecified atom stereocenters. The lowest BCUT2D eigenvalue weighted by Crippen LogP contribution is -2.91. The van der Waals surface area contributed by atoms with E-state index in [0.29, 0.717) is 11.8 Å². The Labute approximate surface area is 160 Å². The van der Waals surface area contributed by atoms with Crippen LogP contribution in [0.25, 0.3) is 0 Å². The van der Waals surface area contributed by atoms with Crippen LogP contribution in [-0.2, 0) is 9.53 Å². The number of amides is 1. The molecule has 7 heteroatoms. The van der Waals surface area contributed by atoms with Crippen LogP contribution in [0.3, 0.4) is 0 Å². The smallest absolute Gasteiger partial charge is 0.344 e. The number of ketones is 1. The lowest BCUT2D eigenvalue weighted by Gasteiger charge is -2.17. The average Bonchev–Trinajstić information content (AvgIpc) is 2.90. The van der Waals surface area contributed by atoms with E-state index in [9.17, 15) is 14.4 Å². The van der Waals surface area contributed by atoms with Crippen molar-refractivity contribution < 1.29 is 28.9 Å². The molecule has 7 nitrogen and oxygen atoms in total. The number of Topliss-reactive ketones (excluding diaryl/α,β-unsaturated/α-hetero) is 1. The summed E-state index contributed by atoms with van der Waals surface area (Å²) in [7, 11) is 0. The first kappa shape index (κ1) is 21.2. The van der Waals surface area contributed by atoms with Crippen molar-refractivity contribution in [1.29, 1.82) is 0 Å². The number of nitrogens with two attached hydrogens (primary N) is 1. The van der Waals surface area contributed by atoms with Crippen molar-refractivity contribution in [2.24, 2.45) is 0 Å². The van der Waals surface area contributed by atoms with E-state index in [0.717, 1.165) is 12.8 Å². The molecule has 0 aliphatic heterocycles. The Bertz CT molecular complexity index is 672. The van der Waals surface area contributed by atoms with Gasteiger partial charge >= 0.3 is 5.97 Å². The Morgan fingerprint density at radius 3 is 2.33 bits per heavy atom. The van der Waals surface area contributed by atoms with E-state index >= 15 is 0 Å².